The Hall–Kier alpha value is -1.43. The van der Waals surface area contributed by atoms with E-state index in [1.165, 1.54) is 0 Å². The predicted molar refractivity (Wildman–Crippen MR) is 65.3 cm³/mol. The smallest absolute Gasteiger partial charge is 0.328 e. The Balaban J connectivity index is 2.89. The van der Waals surface area contributed by atoms with Crippen LogP contribution in [0.4, 0.5) is 0 Å². The Morgan fingerprint density at radius 3 is 2.69 bits per heavy atom. The Bertz CT molecular complexity index is 634. The second-order valence-corrected chi connectivity index (χ2v) is 4.39. The fourth-order valence-electron chi connectivity index (χ4n) is 1.63. The molecule has 5 nitrogen and oxygen atoms in total. The first-order valence-corrected chi connectivity index (χ1v) is 5.68. The van der Waals surface area contributed by atoms with Crippen molar-refractivity contribution in [1.82, 2.24) is 19.5 Å². The van der Waals surface area contributed by atoms with Crippen LogP contribution in [-0.2, 0) is 6.54 Å². The summed E-state index contributed by atoms with van der Waals surface area (Å²) in [5.41, 5.74) is 1.17. The molecular weight excluding hydrogens is 224 g/mol. The maximum absolute atomic E-state index is 11.7. The van der Waals surface area contributed by atoms with Crippen molar-refractivity contribution in [3.8, 4) is 0 Å². The highest BCUT2D eigenvalue weighted by Gasteiger charge is 2.11. The summed E-state index contributed by atoms with van der Waals surface area (Å²) < 4.78 is 2.00. The number of nitrogens with one attached hydrogen (secondary N) is 2. The molecule has 2 rings (SSSR count). The van der Waals surface area contributed by atoms with Crippen LogP contribution in [0.15, 0.2) is 4.79 Å². The summed E-state index contributed by atoms with van der Waals surface area (Å²) in [6.45, 7) is 6.56. The molecule has 0 aliphatic heterocycles. The monoisotopic (exact) mass is 238 g/mol. The van der Waals surface area contributed by atoms with Gasteiger partial charge in [0.2, 0.25) is 0 Å². The minimum atomic E-state index is -0.207. The molecule has 86 valence electrons. The van der Waals surface area contributed by atoms with Gasteiger partial charge >= 0.3 is 5.69 Å². The van der Waals surface area contributed by atoms with Gasteiger partial charge < -0.3 is 4.98 Å². The molecule has 0 fully saturated rings. The summed E-state index contributed by atoms with van der Waals surface area (Å²) in [6.07, 6.45) is 0. The van der Waals surface area contributed by atoms with Gasteiger partial charge in [0, 0.05) is 12.5 Å². The van der Waals surface area contributed by atoms with E-state index < -0.39 is 0 Å². The molecule has 0 radical (unpaired) electrons. The van der Waals surface area contributed by atoms with E-state index in [4.69, 9.17) is 12.2 Å². The van der Waals surface area contributed by atoms with Crippen molar-refractivity contribution in [2.24, 2.45) is 0 Å². The maximum atomic E-state index is 11.7. The molecule has 0 spiro atoms. The molecule has 2 N–H and O–H groups in total. The van der Waals surface area contributed by atoms with Gasteiger partial charge in [0.25, 0.3) is 0 Å². The first-order valence-electron chi connectivity index (χ1n) is 5.27. The minimum Gasteiger partial charge on any atom is -0.338 e. The Kier molecular flexibility index (Phi) is 2.67. The van der Waals surface area contributed by atoms with Crippen molar-refractivity contribution < 1.29 is 0 Å². The average Bonchev–Trinajstić information content (AvgIpc) is 2.63. The molecular formula is C10H14N4OS. The molecule has 2 aromatic rings. The molecule has 0 amide bonds. The Morgan fingerprint density at radius 2 is 2.12 bits per heavy atom. The van der Waals surface area contributed by atoms with E-state index in [2.05, 4.69) is 15.0 Å². The molecule has 0 unspecified atom stereocenters. The van der Waals surface area contributed by atoms with Crippen molar-refractivity contribution in [2.75, 3.05) is 0 Å². The summed E-state index contributed by atoms with van der Waals surface area (Å²) in [4.78, 5) is 21.9. The molecule has 0 aliphatic rings. The van der Waals surface area contributed by atoms with E-state index >= 15 is 0 Å². The third-order valence-electron chi connectivity index (χ3n) is 2.51. The van der Waals surface area contributed by atoms with Gasteiger partial charge in [0.05, 0.1) is 0 Å². The number of imidazole rings is 1. The predicted octanol–water partition coefficient (Wildman–Crippen LogP) is 1.93. The van der Waals surface area contributed by atoms with Gasteiger partial charge in [0.15, 0.2) is 5.65 Å². The van der Waals surface area contributed by atoms with E-state index in [-0.39, 0.29) is 11.6 Å². The zero-order chi connectivity index (χ0) is 11.9. The van der Waals surface area contributed by atoms with E-state index in [1.807, 2.05) is 20.8 Å². The summed E-state index contributed by atoms with van der Waals surface area (Å²) >= 11 is 5.11. The lowest BCUT2D eigenvalue weighted by atomic mass is 10.2. The lowest BCUT2D eigenvalue weighted by Gasteiger charge is -2.00. The number of fused-ring (bicyclic) bond motifs is 1. The molecule has 0 aliphatic carbocycles. The molecule has 2 heterocycles. The second-order valence-electron chi connectivity index (χ2n) is 3.98. The lowest BCUT2D eigenvalue weighted by molar-refractivity contribution is 0.718. The van der Waals surface area contributed by atoms with Crippen LogP contribution < -0.4 is 5.69 Å². The molecule has 6 heteroatoms. The average molecular weight is 238 g/mol. The highest BCUT2D eigenvalue weighted by atomic mass is 32.1. The van der Waals surface area contributed by atoms with Crippen LogP contribution in [0.3, 0.4) is 0 Å². The van der Waals surface area contributed by atoms with Gasteiger partial charge in [-0.1, -0.05) is 26.1 Å². The number of aromatic nitrogens is 4. The van der Waals surface area contributed by atoms with Crippen LogP contribution in [0, 0.1) is 4.64 Å². The summed E-state index contributed by atoms with van der Waals surface area (Å²) in [5.74, 6) is 1.13. The fraction of sp³-hybridized carbons (Fsp3) is 0.500. The number of H-pyrrole nitrogens is 2. The van der Waals surface area contributed by atoms with E-state index in [0.717, 1.165) is 11.3 Å². The van der Waals surface area contributed by atoms with Gasteiger partial charge in [-0.05, 0) is 6.92 Å². The van der Waals surface area contributed by atoms with Gasteiger partial charge in [-0.15, -0.1) is 0 Å². The minimum absolute atomic E-state index is 0.207. The maximum Gasteiger partial charge on any atom is 0.328 e. The topological polar surface area (TPSA) is 66.5 Å². The van der Waals surface area contributed by atoms with Gasteiger partial charge in [-0.2, -0.15) is 0 Å². The van der Waals surface area contributed by atoms with Gasteiger partial charge in [-0.3, -0.25) is 9.55 Å². The van der Waals surface area contributed by atoms with Crippen molar-refractivity contribution >= 4 is 23.4 Å². The summed E-state index contributed by atoms with van der Waals surface area (Å²) in [6, 6.07) is 0. The number of aromatic amines is 2. The molecule has 16 heavy (non-hydrogen) atoms. The number of nitrogens with zero attached hydrogens (tertiary/aromatic N) is 2. The fourth-order valence-corrected chi connectivity index (χ4v) is 1.86. The van der Waals surface area contributed by atoms with Crippen LogP contribution in [0.5, 0.6) is 0 Å². The first-order chi connectivity index (χ1) is 7.54. The molecule has 0 aromatic carbocycles. The van der Waals surface area contributed by atoms with Gasteiger partial charge in [0.1, 0.15) is 16.0 Å². The quantitative estimate of drug-likeness (QED) is 0.786. The molecule has 2 aromatic heterocycles. The van der Waals surface area contributed by atoms with E-state index in [0.29, 0.717) is 16.8 Å². The van der Waals surface area contributed by atoms with Crippen molar-refractivity contribution in [1.29, 1.82) is 0 Å². The highest BCUT2D eigenvalue weighted by molar-refractivity contribution is 7.71. The van der Waals surface area contributed by atoms with Crippen LogP contribution in [0.25, 0.3) is 11.2 Å². The lowest BCUT2D eigenvalue weighted by Crippen LogP contribution is -2.22. The summed E-state index contributed by atoms with van der Waals surface area (Å²) in [7, 11) is 0. The Labute approximate surface area is 97.5 Å². The van der Waals surface area contributed by atoms with Crippen molar-refractivity contribution in [3.63, 3.8) is 0 Å². The highest BCUT2D eigenvalue weighted by Crippen LogP contribution is 2.15. The van der Waals surface area contributed by atoms with Gasteiger partial charge in [-0.25, -0.2) is 9.78 Å². The molecule has 0 atom stereocenters. The zero-order valence-corrected chi connectivity index (χ0v) is 10.3. The van der Waals surface area contributed by atoms with Crippen LogP contribution >= 0.6 is 12.2 Å². The number of hydrogen-bond donors (Lipinski definition) is 2. The van der Waals surface area contributed by atoms with Crippen LogP contribution in [-0.4, -0.2) is 19.5 Å². The third kappa shape index (κ3) is 1.59. The molecule has 0 saturated heterocycles. The van der Waals surface area contributed by atoms with Crippen LogP contribution in [0.1, 0.15) is 32.5 Å². The second kappa shape index (κ2) is 3.86. The van der Waals surface area contributed by atoms with Crippen molar-refractivity contribution in [2.45, 2.75) is 33.2 Å². The largest absolute Gasteiger partial charge is 0.338 e. The standard InChI is InChI=1S/C10H14N4OS/c1-4-14-8-6(9(16)13-10(14)15)11-7(12-8)5(2)3/h5H,4H2,1-3H3,(H,11,12)(H,13,15,16). The normalized spacial score (nSPS) is 11.5. The number of hydrogen-bond acceptors (Lipinski definition) is 3. The van der Waals surface area contributed by atoms with Crippen LogP contribution in [0.2, 0.25) is 0 Å². The first kappa shape index (κ1) is 11.1. The summed E-state index contributed by atoms with van der Waals surface area (Å²) in [5, 5.41) is 0. The van der Waals surface area contributed by atoms with E-state index in [9.17, 15) is 4.79 Å². The number of rotatable bonds is 2. The van der Waals surface area contributed by atoms with Crippen molar-refractivity contribution in [3.05, 3.63) is 20.9 Å². The zero-order valence-electron chi connectivity index (χ0n) is 9.50. The molecule has 0 saturated carbocycles. The Morgan fingerprint density at radius 1 is 1.44 bits per heavy atom. The number of aryl methyl sites for hydroxylation is 1. The van der Waals surface area contributed by atoms with E-state index in [1.54, 1.807) is 4.57 Å². The third-order valence-corrected chi connectivity index (χ3v) is 2.82. The SMILES string of the molecule is CCn1c(=O)[nH]c(=S)c2[nH]c(C(C)C)nc21. The molecule has 0 bridgehead atoms.